The van der Waals surface area contributed by atoms with Gasteiger partial charge in [-0.1, -0.05) is 23.7 Å². The number of pyridine rings is 1. The molecule has 0 atom stereocenters. The van der Waals surface area contributed by atoms with E-state index in [9.17, 15) is 4.79 Å². The summed E-state index contributed by atoms with van der Waals surface area (Å²) in [5.74, 6) is -0.0499. The molecule has 1 heterocycles. The van der Waals surface area contributed by atoms with E-state index in [0.29, 0.717) is 5.02 Å². The molecule has 1 aromatic heterocycles. The SMILES string of the molecule is Cc1ccc(C)c(NC(=O)CN(C)c2cc[nH+]c3cc(Cl)ccc23)c1. The van der Waals surface area contributed by atoms with Gasteiger partial charge >= 0.3 is 0 Å². The highest BCUT2D eigenvalue weighted by Gasteiger charge is 2.14. The molecule has 3 aromatic rings. The van der Waals surface area contributed by atoms with Gasteiger partial charge in [-0.3, -0.25) is 4.79 Å². The van der Waals surface area contributed by atoms with E-state index in [0.717, 1.165) is 33.4 Å². The molecule has 2 aromatic carbocycles. The maximum Gasteiger partial charge on any atom is 0.243 e. The molecule has 5 heteroatoms. The molecule has 0 fully saturated rings. The Kier molecular flexibility index (Phi) is 4.91. The van der Waals surface area contributed by atoms with Crippen LogP contribution in [0.2, 0.25) is 5.02 Å². The Labute approximate surface area is 152 Å². The molecule has 0 spiro atoms. The average molecular weight is 355 g/mol. The molecule has 0 unspecified atom stereocenters. The van der Waals surface area contributed by atoms with Crippen LogP contribution in [0.4, 0.5) is 11.4 Å². The lowest BCUT2D eigenvalue weighted by Crippen LogP contribution is -2.30. The summed E-state index contributed by atoms with van der Waals surface area (Å²) in [6.45, 7) is 4.26. The number of carbonyl (C=O) groups is 1. The van der Waals surface area contributed by atoms with Crippen LogP contribution in [0.15, 0.2) is 48.7 Å². The summed E-state index contributed by atoms with van der Waals surface area (Å²) in [5.41, 5.74) is 4.94. The zero-order valence-corrected chi connectivity index (χ0v) is 15.3. The van der Waals surface area contributed by atoms with Crippen molar-refractivity contribution in [2.24, 2.45) is 0 Å². The van der Waals surface area contributed by atoms with Crippen LogP contribution >= 0.6 is 11.6 Å². The Morgan fingerprint density at radius 1 is 1.16 bits per heavy atom. The van der Waals surface area contributed by atoms with Crippen LogP contribution in [0.1, 0.15) is 11.1 Å². The zero-order valence-electron chi connectivity index (χ0n) is 14.6. The summed E-state index contributed by atoms with van der Waals surface area (Å²) in [6.07, 6.45) is 1.85. The Hall–Kier alpha value is -2.59. The summed E-state index contributed by atoms with van der Waals surface area (Å²) in [6, 6.07) is 13.7. The lowest BCUT2D eigenvalue weighted by atomic mass is 10.1. The van der Waals surface area contributed by atoms with Crippen molar-refractivity contribution in [1.82, 2.24) is 0 Å². The number of rotatable bonds is 4. The van der Waals surface area contributed by atoms with Gasteiger partial charge in [-0.05, 0) is 43.2 Å². The van der Waals surface area contributed by atoms with Crippen molar-refractivity contribution in [2.45, 2.75) is 13.8 Å². The molecular formula is C20H21ClN3O+. The van der Waals surface area contributed by atoms with Gasteiger partial charge in [0.2, 0.25) is 11.4 Å². The third-order valence-electron chi connectivity index (χ3n) is 4.20. The third-order valence-corrected chi connectivity index (χ3v) is 4.43. The number of benzene rings is 2. The molecule has 4 nitrogen and oxygen atoms in total. The molecule has 3 rings (SSSR count). The number of nitrogens with one attached hydrogen (secondary N) is 2. The summed E-state index contributed by atoms with van der Waals surface area (Å²) in [7, 11) is 1.91. The number of aromatic amines is 1. The van der Waals surface area contributed by atoms with E-state index in [4.69, 9.17) is 11.6 Å². The molecule has 0 aliphatic carbocycles. The molecule has 0 aliphatic heterocycles. The quantitative estimate of drug-likeness (QED) is 0.769. The predicted octanol–water partition coefficient (Wildman–Crippen LogP) is 4.00. The molecule has 1 amide bonds. The third kappa shape index (κ3) is 3.91. The Morgan fingerprint density at radius 2 is 1.96 bits per heavy atom. The van der Waals surface area contributed by atoms with Gasteiger partial charge in [0.15, 0.2) is 6.20 Å². The number of hydrogen-bond acceptors (Lipinski definition) is 2. The van der Waals surface area contributed by atoms with Gasteiger partial charge in [-0.2, -0.15) is 0 Å². The first-order chi connectivity index (χ1) is 11.9. The molecule has 0 radical (unpaired) electrons. The van der Waals surface area contributed by atoms with Gasteiger partial charge in [0.05, 0.1) is 17.6 Å². The summed E-state index contributed by atoms with van der Waals surface area (Å²) in [4.78, 5) is 17.6. The molecule has 0 aliphatic rings. The van der Waals surface area contributed by atoms with Crippen LogP contribution in [0, 0.1) is 13.8 Å². The minimum absolute atomic E-state index is 0.0499. The number of hydrogen-bond donors (Lipinski definition) is 1. The van der Waals surface area contributed by atoms with Crippen LogP contribution < -0.4 is 15.2 Å². The van der Waals surface area contributed by atoms with E-state index in [2.05, 4.69) is 10.3 Å². The minimum atomic E-state index is -0.0499. The number of aryl methyl sites for hydroxylation is 2. The maximum atomic E-state index is 12.5. The standard InChI is InChI=1S/C20H20ClN3O/c1-13-4-5-14(2)17(10-13)23-20(25)12-24(3)19-8-9-22-18-11-15(21)6-7-16(18)19/h4-11H,12H2,1-3H3,(H,23,25)/p+1. The zero-order chi connectivity index (χ0) is 18.0. The summed E-state index contributed by atoms with van der Waals surface area (Å²) < 4.78 is 0. The monoisotopic (exact) mass is 354 g/mol. The molecule has 25 heavy (non-hydrogen) atoms. The average Bonchev–Trinajstić information content (AvgIpc) is 2.57. The highest BCUT2D eigenvalue weighted by atomic mass is 35.5. The molecule has 0 saturated carbocycles. The second-order valence-electron chi connectivity index (χ2n) is 6.28. The Bertz CT molecular complexity index is 939. The minimum Gasteiger partial charge on any atom is -0.364 e. The van der Waals surface area contributed by atoms with Crippen molar-refractivity contribution in [2.75, 3.05) is 23.8 Å². The van der Waals surface area contributed by atoms with Gasteiger partial charge < -0.3 is 10.2 Å². The first kappa shape index (κ1) is 17.2. The second-order valence-corrected chi connectivity index (χ2v) is 6.71. The van der Waals surface area contributed by atoms with Crippen LogP contribution in [-0.2, 0) is 4.79 Å². The fourth-order valence-corrected chi connectivity index (χ4v) is 3.03. The largest absolute Gasteiger partial charge is 0.364 e. The number of likely N-dealkylation sites (N-methyl/N-ethyl adjacent to an activating group) is 1. The summed E-state index contributed by atoms with van der Waals surface area (Å²) >= 11 is 6.06. The van der Waals surface area contributed by atoms with Crippen LogP contribution in [0.3, 0.4) is 0 Å². The number of nitrogens with zero attached hydrogens (tertiary/aromatic N) is 1. The predicted molar refractivity (Wildman–Crippen MR) is 103 cm³/mol. The van der Waals surface area contributed by atoms with Crippen molar-refractivity contribution in [3.63, 3.8) is 0 Å². The van der Waals surface area contributed by atoms with Gasteiger partial charge in [0, 0.05) is 29.9 Å². The number of anilines is 2. The van der Waals surface area contributed by atoms with Crippen LogP contribution in [-0.4, -0.2) is 19.5 Å². The van der Waals surface area contributed by atoms with Gasteiger partial charge in [-0.15, -0.1) is 0 Å². The van der Waals surface area contributed by atoms with E-state index in [-0.39, 0.29) is 12.5 Å². The van der Waals surface area contributed by atoms with E-state index in [1.807, 2.05) is 74.5 Å². The highest BCUT2D eigenvalue weighted by Crippen LogP contribution is 2.25. The maximum absolute atomic E-state index is 12.5. The molecule has 128 valence electrons. The molecule has 0 bridgehead atoms. The highest BCUT2D eigenvalue weighted by molar-refractivity contribution is 6.31. The van der Waals surface area contributed by atoms with Crippen molar-refractivity contribution in [3.8, 4) is 0 Å². The number of H-pyrrole nitrogens is 1. The molecule has 0 saturated heterocycles. The number of aromatic nitrogens is 1. The number of carbonyl (C=O) groups excluding carboxylic acids is 1. The first-order valence-electron chi connectivity index (χ1n) is 8.12. The second kappa shape index (κ2) is 7.11. The Balaban J connectivity index is 1.79. The van der Waals surface area contributed by atoms with E-state index >= 15 is 0 Å². The topological polar surface area (TPSA) is 46.5 Å². The van der Waals surface area contributed by atoms with E-state index in [1.165, 1.54) is 0 Å². The van der Waals surface area contributed by atoms with Crippen LogP contribution in [0.25, 0.3) is 10.9 Å². The lowest BCUT2D eigenvalue weighted by molar-refractivity contribution is -0.344. The number of fused-ring (bicyclic) bond motifs is 1. The Morgan fingerprint density at radius 3 is 2.76 bits per heavy atom. The van der Waals surface area contributed by atoms with E-state index in [1.54, 1.807) is 0 Å². The first-order valence-corrected chi connectivity index (χ1v) is 8.50. The fourth-order valence-electron chi connectivity index (χ4n) is 2.85. The van der Waals surface area contributed by atoms with Crippen molar-refractivity contribution in [3.05, 3.63) is 64.8 Å². The molecular weight excluding hydrogens is 334 g/mol. The van der Waals surface area contributed by atoms with Gasteiger partial charge in [0.25, 0.3) is 0 Å². The van der Waals surface area contributed by atoms with Crippen molar-refractivity contribution >= 4 is 39.8 Å². The fraction of sp³-hybridized carbons (Fsp3) is 0.200. The van der Waals surface area contributed by atoms with Crippen LogP contribution in [0.5, 0.6) is 0 Å². The van der Waals surface area contributed by atoms with Gasteiger partial charge in [-0.25, -0.2) is 4.98 Å². The van der Waals surface area contributed by atoms with Gasteiger partial charge in [0.1, 0.15) is 0 Å². The smallest absolute Gasteiger partial charge is 0.243 e. The lowest BCUT2D eigenvalue weighted by Gasteiger charge is -2.20. The van der Waals surface area contributed by atoms with Crippen molar-refractivity contribution in [1.29, 1.82) is 0 Å². The number of amides is 1. The summed E-state index contributed by atoms with van der Waals surface area (Å²) in [5, 5.41) is 4.70. The number of halogens is 1. The van der Waals surface area contributed by atoms with E-state index < -0.39 is 0 Å². The normalized spacial score (nSPS) is 10.7. The van der Waals surface area contributed by atoms with Crippen molar-refractivity contribution < 1.29 is 9.78 Å². The molecule has 2 N–H and O–H groups in total.